The summed E-state index contributed by atoms with van der Waals surface area (Å²) in [6.07, 6.45) is 0. The number of hydrogen-bond acceptors (Lipinski definition) is 4. The minimum absolute atomic E-state index is 0.229. The fourth-order valence-electron chi connectivity index (χ4n) is 1.98. The summed E-state index contributed by atoms with van der Waals surface area (Å²) < 4.78 is 4.85. The van der Waals surface area contributed by atoms with Crippen LogP contribution in [0.1, 0.15) is 19.4 Å². The lowest BCUT2D eigenvalue weighted by Gasteiger charge is -2.26. The number of benzene rings is 1. The fraction of sp³-hybridized carbons (Fsp3) is 0.533. The second-order valence-corrected chi connectivity index (χ2v) is 5.12. The van der Waals surface area contributed by atoms with Gasteiger partial charge in [0.05, 0.1) is 7.11 Å². The summed E-state index contributed by atoms with van der Waals surface area (Å²) >= 11 is 0. The first-order valence-electron chi connectivity index (χ1n) is 6.55. The predicted octanol–water partition coefficient (Wildman–Crippen LogP) is 1.97. The van der Waals surface area contributed by atoms with Gasteiger partial charge in [-0.15, -0.1) is 0 Å². The van der Waals surface area contributed by atoms with Gasteiger partial charge in [-0.3, -0.25) is 4.79 Å². The Morgan fingerprint density at radius 2 is 2.11 bits per heavy atom. The Kier molecular flexibility index (Phi) is 5.83. The number of carbonyl (C=O) groups is 1. The van der Waals surface area contributed by atoms with Gasteiger partial charge < -0.3 is 15.0 Å². The maximum Gasteiger partial charge on any atom is 0.324 e. The molecule has 0 aliphatic carbocycles. The fourth-order valence-corrected chi connectivity index (χ4v) is 1.98. The lowest BCUT2D eigenvalue weighted by molar-refractivity contribution is -0.143. The molecule has 1 aromatic carbocycles. The van der Waals surface area contributed by atoms with Crippen LogP contribution in [-0.2, 0) is 9.53 Å². The number of anilines is 1. The zero-order chi connectivity index (χ0) is 14.4. The second kappa shape index (κ2) is 7.14. The Balaban J connectivity index is 2.75. The summed E-state index contributed by atoms with van der Waals surface area (Å²) in [5, 5.41) is 3.23. The van der Waals surface area contributed by atoms with E-state index in [4.69, 9.17) is 4.74 Å². The number of nitrogens with one attached hydrogen (secondary N) is 1. The summed E-state index contributed by atoms with van der Waals surface area (Å²) in [5.41, 5.74) is 2.30. The van der Waals surface area contributed by atoms with E-state index in [1.807, 2.05) is 33.0 Å². The molecule has 0 aliphatic rings. The highest BCUT2D eigenvalue weighted by molar-refractivity contribution is 5.76. The molecule has 0 saturated carbocycles. The molecule has 0 amide bonds. The Morgan fingerprint density at radius 1 is 1.42 bits per heavy atom. The molecule has 1 unspecified atom stereocenters. The first kappa shape index (κ1) is 15.5. The molecule has 4 nitrogen and oxygen atoms in total. The van der Waals surface area contributed by atoms with E-state index in [1.54, 1.807) is 0 Å². The molecular weight excluding hydrogens is 240 g/mol. The van der Waals surface area contributed by atoms with E-state index in [1.165, 1.54) is 12.7 Å². The molecule has 1 rings (SSSR count). The van der Waals surface area contributed by atoms with Crippen LogP contribution in [0.25, 0.3) is 0 Å². The topological polar surface area (TPSA) is 41.6 Å². The van der Waals surface area contributed by atoms with Crippen LogP contribution in [0, 0.1) is 6.92 Å². The molecule has 0 aliphatic heterocycles. The molecule has 1 N–H and O–H groups in total. The van der Waals surface area contributed by atoms with Crippen LogP contribution in [0.4, 0.5) is 5.69 Å². The number of hydrogen-bond donors (Lipinski definition) is 1. The van der Waals surface area contributed by atoms with Crippen molar-refractivity contribution >= 4 is 11.7 Å². The Morgan fingerprint density at radius 3 is 2.63 bits per heavy atom. The largest absolute Gasteiger partial charge is 0.468 e. The van der Waals surface area contributed by atoms with Gasteiger partial charge in [-0.05, 0) is 24.6 Å². The van der Waals surface area contributed by atoms with Gasteiger partial charge in [0.1, 0.15) is 6.04 Å². The van der Waals surface area contributed by atoms with Crippen molar-refractivity contribution in [2.24, 2.45) is 0 Å². The van der Waals surface area contributed by atoms with E-state index in [0.717, 1.165) is 5.69 Å². The van der Waals surface area contributed by atoms with Crippen LogP contribution in [0.3, 0.4) is 0 Å². The van der Waals surface area contributed by atoms with Crippen molar-refractivity contribution in [3.8, 4) is 0 Å². The van der Waals surface area contributed by atoms with E-state index < -0.39 is 0 Å². The van der Waals surface area contributed by atoms with Crippen molar-refractivity contribution in [2.75, 3.05) is 25.6 Å². The van der Waals surface area contributed by atoms with Gasteiger partial charge in [0.15, 0.2) is 0 Å². The highest BCUT2D eigenvalue weighted by Gasteiger charge is 2.21. The van der Waals surface area contributed by atoms with Crippen LogP contribution in [-0.4, -0.2) is 38.8 Å². The van der Waals surface area contributed by atoms with Crippen molar-refractivity contribution < 1.29 is 9.53 Å². The van der Waals surface area contributed by atoms with E-state index in [2.05, 4.69) is 29.3 Å². The SMILES string of the molecule is COC(=O)C(CN(C)c1cccc(C)c1)NC(C)C. The summed E-state index contributed by atoms with van der Waals surface area (Å²) in [7, 11) is 3.40. The zero-order valence-electron chi connectivity index (χ0n) is 12.4. The number of carbonyl (C=O) groups excluding carboxylic acids is 1. The van der Waals surface area contributed by atoms with Gasteiger partial charge in [-0.1, -0.05) is 26.0 Å². The van der Waals surface area contributed by atoms with E-state index >= 15 is 0 Å². The highest BCUT2D eigenvalue weighted by Crippen LogP contribution is 2.14. The highest BCUT2D eigenvalue weighted by atomic mass is 16.5. The third kappa shape index (κ3) is 4.91. The first-order chi connectivity index (χ1) is 8.93. The van der Waals surface area contributed by atoms with Crippen LogP contribution in [0.5, 0.6) is 0 Å². The van der Waals surface area contributed by atoms with Crippen molar-refractivity contribution in [3.05, 3.63) is 29.8 Å². The molecule has 1 aromatic rings. The maximum absolute atomic E-state index is 11.8. The number of likely N-dealkylation sites (N-methyl/N-ethyl adjacent to an activating group) is 1. The maximum atomic E-state index is 11.8. The Labute approximate surface area is 115 Å². The monoisotopic (exact) mass is 264 g/mol. The minimum Gasteiger partial charge on any atom is -0.468 e. The molecule has 0 spiro atoms. The van der Waals surface area contributed by atoms with Crippen LogP contribution >= 0.6 is 0 Å². The molecule has 0 heterocycles. The summed E-state index contributed by atoms with van der Waals surface area (Å²) in [6.45, 7) is 6.67. The summed E-state index contributed by atoms with van der Waals surface area (Å²) in [6, 6.07) is 8.12. The number of nitrogens with zero attached hydrogens (tertiary/aromatic N) is 1. The van der Waals surface area contributed by atoms with Crippen LogP contribution < -0.4 is 10.2 Å². The average molecular weight is 264 g/mol. The van der Waals surface area contributed by atoms with Gasteiger partial charge in [0, 0.05) is 25.3 Å². The summed E-state index contributed by atoms with van der Waals surface area (Å²) in [5.74, 6) is -0.229. The van der Waals surface area contributed by atoms with Crippen molar-refractivity contribution in [1.82, 2.24) is 5.32 Å². The molecule has 1 atom stereocenters. The molecule has 0 radical (unpaired) electrons. The molecule has 106 valence electrons. The lowest BCUT2D eigenvalue weighted by Crippen LogP contribution is -2.48. The molecule has 0 saturated heterocycles. The number of rotatable bonds is 6. The molecule has 0 bridgehead atoms. The predicted molar refractivity (Wildman–Crippen MR) is 78.5 cm³/mol. The van der Waals surface area contributed by atoms with Crippen LogP contribution in [0.2, 0.25) is 0 Å². The van der Waals surface area contributed by atoms with Crippen molar-refractivity contribution in [3.63, 3.8) is 0 Å². The molecule has 19 heavy (non-hydrogen) atoms. The summed E-state index contributed by atoms with van der Waals surface area (Å²) in [4.78, 5) is 13.8. The quantitative estimate of drug-likeness (QED) is 0.798. The Hall–Kier alpha value is -1.55. The van der Waals surface area contributed by atoms with E-state index in [0.29, 0.717) is 6.54 Å². The smallest absolute Gasteiger partial charge is 0.324 e. The second-order valence-electron chi connectivity index (χ2n) is 5.12. The minimum atomic E-state index is -0.324. The lowest BCUT2D eigenvalue weighted by atomic mass is 10.2. The third-order valence-electron chi connectivity index (χ3n) is 2.92. The van der Waals surface area contributed by atoms with Gasteiger partial charge in [0.2, 0.25) is 0 Å². The third-order valence-corrected chi connectivity index (χ3v) is 2.92. The van der Waals surface area contributed by atoms with Gasteiger partial charge >= 0.3 is 5.97 Å². The van der Waals surface area contributed by atoms with Crippen molar-refractivity contribution in [1.29, 1.82) is 0 Å². The standard InChI is InChI=1S/C15H24N2O2/c1-11(2)16-14(15(18)19-5)10-17(4)13-8-6-7-12(3)9-13/h6-9,11,14,16H,10H2,1-5H3. The van der Waals surface area contributed by atoms with Gasteiger partial charge in [-0.2, -0.15) is 0 Å². The van der Waals surface area contributed by atoms with E-state index in [9.17, 15) is 4.79 Å². The Bertz CT molecular complexity index is 418. The average Bonchev–Trinajstić information content (AvgIpc) is 2.36. The number of esters is 1. The van der Waals surface area contributed by atoms with E-state index in [-0.39, 0.29) is 18.1 Å². The number of aryl methyl sites for hydroxylation is 1. The number of methoxy groups -OCH3 is 1. The van der Waals surface area contributed by atoms with Gasteiger partial charge in [-0.25, -0.2) is 0 Å². The molecule has 0 aromatic heterocycles. The molecule has 4 heteroatoms. The van der Waals surface area contributed by atoms with Gasteiger partial charge in [0.25, 0.3) is 0 Å². The van der Waals surface area contributed by atoms with Crippen LogP contribution in [0.15, 0.2) is 24.3 Å². The molecular formula is C15H24N2O2. The first-order valence-corrected chi connectivity index (χ1v) is 6.55. The molecule has 0 fully saturated rings. The van der Waals surface area contributed by atoms with Crippen molar-refractivity contribution in [2.45, 2.75) is 32.9 Å². The zero-order valence-corrected chi connectivity index (χ0v) is 12.4. The number of ether oxygens (including phenoxy) is 1. The normalized spacial score (nSPS) is 12.3.